The minimum Gasteiger partial charge on any atom is -0.508 e. The maximum atomic E-state index is 12.3. The van der Waals surface area contributed by atoms with E-state index in [0.29, 0.717) is 26.1 Å². The van der Waals surface area contributed by atoms with Crippen LogP contribution in [0.4, 0.5) is 0 Å². The van der Waals surface area contributed by atoms with Crippen LogP contribution in [-0.2, 0) is 0 Å². The zero-order valence-corrected chi connectivity index (χ0v) is 14.2. The molecular formula is C19H15NO4S. The second-order valence-electron chi connectivity index (χ2n) is 5.26. The van der Waals surface area contributed by atoms with E-state index in [9.17, 15) is 14.7 Å². The van der Waals surface area contributed by atoms with E-state index in [1.165, 1.54) is 17.4 Å². The van der Waals surface area contributed by atoms with Crippen molar-refractivity contribution < 1.29 is 14.6 Å². The Hall–Kier alpha value is -3.12. The molecule has 0 spiro atoms. The van der Waals surface area contributed by atoms with E-state index in [1.807, 2.05) is 0 Å². The van der Waals surface area contributed by atoms with Gasteiger partial charge in [-0.15, -0.1) is 11.3 Å². The highest BCUT2D eigenvalue weighted by Gasteiger charge is 2.04. The molecule has 0 saturated heterocycles. The fraction of sp³-hybridized carbons (Fsp3) is 0.0526. The molecule has 0 aliphatic heterocycles. The average Bonchev–Trinajstić information content (AvgIpc) is 2.94. The van der Waals surface area contributed by atoms with Crippen LogP contribution in [0.3, 0.4) is 0 Å². The standard InChI is InChI=1S/C19H15NO4S/c1-24-15-7-5-13(6-8-15)16(22)11-18-20-19(23)17(25-18)10-12-3-2-4-14(21)9-12/h2-11,21H,1H3,(H,20,23)/b17-10-,18-11-. The number of rotatable bonds is 4. The van der Waals surface area contributed by atoms with E-state index in [0.717, 1.165) is 0 Å². The van der Waals surface area contributed by atoms with Gasteiger partial charge in [-0.1, -0.05) is 12.1 Å². The Labute approximate surface area is 147 Å². The molecule has 126 valence electrons. The zero-order valence-electron chi connectivity index (χ0n) is 13.4. The number of aromatic amines is 1. The average molecular weight is 353 g/mol. The number of ether oxygens (including phenoxy) is 1. The Morgan fingerprint density at radius 2 is 1.96 bits per heavy atom. The van der Waals surface area contributed by atoms with Crippen molar-refractivity contribution in [2.45, 2.75) is 0 Å². The lowest BCUT2D eigenvalue weighted by Crippen LogP contribution is -2.19. The number of carbonyl (C=O) groups excluding carboxylic acids is 1. The molecule has 0 amide bonds. The van der Waals surface area contributed by atoms with Crippen LogP contribution in [0.5, 0.6) is 11.5 Å². The minimum atomic E-state index is -0.276. The van der Waals surface area contributed by atoms with Gasteiger partial charge < -0.3 is 14.8 Å². The lowest BCUT2D eigenvalue weighted by Gasteiger charge is -1.99. The number of benzene rings is 2. The van der Waals surface area contributed by atoms with Crippen molar-refractivity contribution in [1.29, 1.82) is 0 Å². The lowest BCUT2D eigenvalue weighted by molar-refractivity contribution is 0.106. The number of thiazole rings is 1. The third kappa shape index (κ3) is 4.05. The third-order valence-corrected chi connectivity index (χ3v) is 4.45. The van der Waals surface area contributed by atoms with E-state index < -0.39 is 0 Å². The maximum absolute atomic E-state index is 12.3. The van der Waals surface area contributed by atoms with E-state index in [4.69, 9.17) is 4.74 Å². The number of phenolic OH excluding ortho intramolecular Hbond substituents is 1. The lowest BCUT2D eigenvalue weighted by atomic mass is 10.1. The predicted octanol–water partition coefficient (Wildman–Crippen LogP) is 1.64. The Kier molecular flexibility index (Phi) is 4.81. The summed E-state index contributed by atoms with van der Waals surface area (Å²) < 4.78 is 5.99. The molecule has 0 radical (unpaired) electrons. The van der Waals surface area contributed by atoms with Gasteiger partial charge in [-0.05, 0) is 48.0 Å². The molecule has 25 heavy (non-hydrogen) atoms. The maximum Gasteiger partial charge on any atom is 0.266 e. The van der Waals surface area contributed by atoms with Crippen LogP contribution < -0.4 is 19.5 Å². The summed E-state index contributed by atoms with van der Waals surface area (Å²) in [6.45, 7) is 0. The molecule has 1 heterocycles. The van der Waals surface area contributed by atoms with E-state index in [2.05, 4.69) is 4.98 Å². The molecular weight excluding hydrogens is 338 g/mol. The fourth-order valence-electron chi connectivity index (χ4n) is 2.25. The van der Waals surface area contributed by atoms with E-state index >= 15 is 0 Å². The molecule has 5 nitrogen and oxygen atoms in total. The number of Topliss-reactive ketones (excluding diaryl/α,β-unsaturated/α-hetero) is 1. The normalized spacial score (nSPS) is 12.4. The van der Waals surface area contributed by atoms with Gasteiger partial charge in [-0.25, -0.2) is 0 Å². The van der Waals surface area contributed by atoms with Crippen LogP contribution in [-0.4, -0.2) is 23.0 Å². The Balaban J connectivity index is 1.94. The van der Waals surface area contributed by atoms with Gasteiger partial charge in [0, 0.05) is 11.6 Å². The van der Waals surface area contributed by atoms with Gasteiger partial charge in [-0.3, -0.25) is 9.59 Å². The molecule has 0 aliphatic rings. The summed E-state index contributed by atoms with van der Waals surface area (Å²) in [5.74, 6) is 0.594. The number of ketones is 1. The van der Waals surface area contributed by atoms with Gasteiger partial charge in [-0.2, -0.15) is 0 Å². The highest BCUT2D eigenvalue weighted by Crippen LogP contribution is 2.12. The van der Waals surface area contributed by atoms with Crippen LogP contribution in [0.25, 0.3) is 12.2 Å². The summed E-state index contributed by atoms with van der Waals surface area (Å²) in [5, 5.41) is 9.49. The van der Waals surface area contributed by atoms with Crippen LogP contribution in [0.2, 0.25) is 0 Å². The van der Waals surface area contributed by atoms with Crippen molar-refractivity contribution in [3.8, 4) is 11.5 Å². The predicted molar refractivity (Wildman–Crippen MR) is 97.7 cm³/mol. The van der Waals surface area contributed by atoms with Crippen molar-refractivity contribution in [2.24, 2.45) is 0 Å². The molecule has 2 aromatic carbocycles. The fourth-order valence-corrected chi connectivity index (χ4v) is 3.13. The Morgan fingerprint density at radius 3 is 2.64 bits per heavy atom. The first kappa shape index (κ1) is 16.7. The van der Waals surface area contributed by atoms with Crippen LogP contribution >= 0.6 is 11.3 Å². The molecule has 2 N–H and O–H groups in total. The smallest absolute Gasteiger partial charge is 0.266 e. The summed E-state index contributed by atoms with van der Waals surface area (Å²) in [6.07, 6.45) is 3.06. The number of aromatic nitrogens is 1. The first-order chi connectivity index (χ1) is 12.0. The van der Waals surface area contributed by atoms with E-state index in [-0.39, 0.29) is 17.1 Å². The number of H-pyrrole nitrogens is 1. The number of aromatic hydroxyl groups is 1. The minimum absolute atomic E-state index is 0.128. The number of nitrogens with one attached hydrogen (secondary N) is 1. The van der Waals surface area contributed by atoms with E-state index in [1.54, 1.807) is 61.7 Å². The molecule has 0 atom stereocenters. The van der Waals surface area contributed by atoms with Gasteiger partial charge >= 0.3 is 0 Å². The second kappa shape index (κ2) is 7.19. The third-order valence-electron chi connectivity index (χ3n) is 3.49. The van der Waals surface area contributed by atoms with Crippen molar-refractivity contribution in [1.82, 2.24) is 4.98 Å². The van der Waals surface area contributed by atoms with Crippen LogP contribution in [0, 0.1) is 0 Å². The first-order valence-electron chi connectivity index (χ1n) is 7.45. The molecule has 0 aliphatic carbocycles. The van der Waals surface area contributed by atoms with Gasteiger partial charge in [0.1, 0.15) is 11.5 Å². The van der Waals surface area contributed by atoms with Crippen molar-refractivity contribution in [3.05, 3.63) is 79.2 Å². The molecule has 1 aromatic heterocycles. The number of hydrogen-bond acceptors (Lipinski definition) is 5. The van der Waals surface area contributed by atoms with Gasteiger partial charge in [0.15, 0.2) is 5.78 Å². The molecule has 3 aromatic rings. The largest absolute Gasteiger partial charge is 0.508 e. The number of carbonyl (C=O) groups is 1. The van der Waals surface area contributed by atoms with Crippen LogP contribution in [0.15, 0.2) is 53.3 Å². The SMILES string of the molecule is COc1ccc(C(=O)/C=c2/[nH]c(=O)/c(=C/c3cccc(O)c3)s2)cc1. The van der Waals surface area contributed by atoms with Crippen LogP contribution in [0.1, 0.15) is 15.9 Å². The van der Waals surface area contributed by atoms with Gasteiger partial charge in [0.05, 0.1) is 16.3 Å². The summed E-state index contributed by atoms with van der Waals surface area (Å²) in [7, 11) is 1.56. The summed E-state index contributed by atoms with van der Waals surface area (Å²) in [5.41, 5.74) is 0.941. The molecule has 0 saturated carbocycles. The number of methoxy groups -OCH3 is 1. The quantitative estimate of drug-likeness (QED) is 0.699. The summed E-state index contributed by atoms with van der Waals surface area (Å²) in [6, 6.07) is 13.4. The molecule has 0 unspecified atom stereocenters. The monoisotopic (exact) mass is 353 g/mol. The van der Waals surface area contributed by atoms with Crippen molar-refractivity contribution >= 4 is 29.3 Å². The van der Waals surface area contributed by atoms with Gasteiger partial charge in [0.2, 0.25) is 0 Å². The highest BCUT2D eigenvalue weighted by molar-refractivity contribution is 7.07. The van der Waals surface area contributed by atoms with Gasteiger partial charge in [0.25, 0.3) is 5.56 Å². The topological polar surface area (TPSA) is 79.4 Å². The summed E-state index contributed by atoms with van der Waals surface area (Å²) in [4.78, 5) is 27.0. The zero-order chi connectivity index (χ0) is 17.8. The molecule has 6 heteroatoms. The van der Waals surface area contributed by atoms with Crippen molar-refractivity contribution in [2.75, 3.05) is 7.11 Å². The second-order valence-corrected chi connectivity index (χ2v) is 6.34. The molecule has 3 rings (SSSR count). The first-order valence-corrected chi connectivity index (χ1v) is 8.27. The Bertz CT molecular complexity index is 1080. The number of hydrogen-bond donors (Lipinski definition) is 2. The number of phenols is 1. The van der Waals surface area contributed by atoms with Crippen molar-refractivity contribution in [3.63, 3.8) is 0 Å². The molecule has 0 fully saturated rings. The highest BCUT2D eigenvalue weighted by atomic mass is 32.1. The summed E-state index contributed by atoms with van der Waals surface area (Å²) >= 11 is 1.18. The Morgan fingerprint density at radius 1 is 1.20 bits per heavy atom. The molecule has 0 bridgehead atoms.